The van der Waals surface area contributed by atoms with Crippen molar-refractivity contribution in [2.45, 2.75) is 6.92 Å². The molecule has 0 amide bonds. The first-order chi connectivity index (χ1) is 16.5. The second kappa shape index (κ2) is 8.84. The first-order valence-corrected chi connectivity index (χ1v) is 11.0. The number of para-hydroxylation sites is 1. The van der Waals surface area contributed by atoms with Gasteiger partial charge in [-0.05, 0) is 43.3 Å². The summed E-state index contributed by atoms with van der Waals surface area (Å²) < 4.78 is 6.41. The number of aromatic amines is 1. The molecule has 2 aromatic heterocycles. The summed E-state index contributed by atoms with van der Waals surface area (Å²) in [5, 5.41) is 27.3. The molecule has 3 N–H and O–H groups in total. The fraction of sp³-hybridized carbons (Fsp3) is 0.0909. The van der Waals surface area contributed by atoms with E-state index in [1.807, 2.05) is 30.3 Å². The summed E-state index contributed by atoms with van der Waals surface area (Å²) in [7, 11) is 1.58. The lowest BCUT2D eigenvalue weighted by Gasteiger charge is -2.16. The number of nitrogens with two attached hydrogens (primary N) is 1. The van der Waals surface area contributed by atoms with Gasteiger partial charge in [-0.2, -0.15) is 14.8 Å². The highest BCUT2D eigenvalue weighted by Gasteiger charge is 2.27. The van der Waals surface area contributed by atoms with Gasteiger partial charge in [-0.3, -0.25) is 9.89 Å². The topological polar surface area (TPSA) is 137 Å². The van der Waals surface area contributed by atoms with E-state index < -0.39 is 11.5 Å². The van der Waals surface area contributed by atoms with E-state index in [9.17, 15) is 9.90 Å². The Morgan fingerprint density at radius 2 is 1.91 bits per heavy atom. The molecule has 1 aliphatic heterocycles. The predicted molar refractivity (Wildman–Crippen MR) is 123 cm³/mol. The average Bonchev–Trinajstić information content (AvgIpc) is 3.56. The van der Waals surface area contributed by atoms with Crippen molar-refractivity contribution >= 4 is 34.1 Å². The number of benzene rings is 2. The highest BCUT2D eigenvalue weighted by atomic mass is 32.1. The van der Waals surface area contributed by atoms with Crippen LogP contribution in [0.4, 0.5) is 17.1 Å². The maximum Gasteiger partial charge on any atom is 0.301 e. The number of methoxy groups -OCH3 is 1. The van der Waals surface area contributed by atoms with Gasteiger partial charge in [-0.15, -0.1) is 22.0 Å². The number of azo groups is 1. The third-order valence-corrected chi connectivity index (χ3v) is 5.86. The number of hydrogen-bond acceptors (Lipinski definition) is 9. The van der Waals surface area contributed by atoms with Crippen LogP contribution in [0.2, 0.25) is 0 Å². The summed E-state index contributed by atoms with van der Waals surface area (Å²) in [6, 6.07) is 16.3. The molecule has 0 fully saturated rings. The average molecular weight is 478 g/mol. The molecule has 0 saturated heterocycles. The van der Waals surface area contributed by atoms with Crippen LogP contribution in [0, 0.1) is 6.92 Å². The van der Waals surface area contributed by atoms with Crippen molar-refractivity contribution < 1.29 is 20.3 Å². The van der Waals surface area contributed by atoms with Crippen molar-refractivity contribution in [1.82, 2.24) is 14.8 Å². The zero-order valence-electron chi connectivity index (χ0n) is 18.1. The Hall–Kier alpha value is -4.42. The van der Waals surface area contributed by atoms with Gasteiger partial charge in [0.05, 0.1) is 24.2 Å². The van der Waals surface area contributed by atoms with Crippen molar-refractivity contribution in [3.05, 3.63) is 87.7 Å². The molecule has 0 unspecified atom stereocenters. The molecular weight excluding hydrogens is 458 g/mol. The monoisotopic (exact) mass is 477 g/mol. The van der Waals surface area contributed by atoms with Crippen LogP contribution in [0.1, 0.15) is 11.4 Å². The van der Waals surface area contributed by atoms with Crippen LogP contribution in [0.3, 0.4) is 0 Å². The summed E-state index contributed by atoms with van der Waals surface area (Å²) in [5.74, 6) is 0.177. The number of nitrogens with one attached hydrogen (secondary N) is 1. The van der Waals surface area contributed by atoms with Crippen molar-refractivity contribution in [2.24, 2.45) is 10.2 Å². The number of rotatable bonds is 6. The second-order valence-electron chi connectivity index (χ2n) is 7.20. The molecule has 11 nitrogen and oxygen atoms in total. The molecule has 0 atom stereocenters. The van der Waals surface area contributed by atoms with Gasteiger partial charge in [0.15, 0.2) is 11.4 Å². The van der Waals surface area contributed by atoms with Gasteiger partial charge < -0.3 is 14.7 Å². The van der Waals surface area contributed by atoms with E-state index in [2.05, 4.69) is 20.3 Å². The minimum atomic E-state index is -0.523. The van der Waals surface area contributed by atoms with E-state index in [0.717, 1.165) is 5.69 Å². The SMILES string of the molecule is COc1ccc(N=Nc2c(C)[nH]n(-c3nc(C4=C([O-])O[NH2+]N4c4ccccc4)cs3)c2=O)cc1. The molecule has 4 aromatic rings. The molecule has 34 heavy (non-hydrogen) atoms. The summed E-state index contributed by atoms with van der Waals surface area (Å²) in [5.41, 5.74) is 3.64. The van der Waals surface area contributed by atoms with Gasteiger partial charge in [0.2, 0.25) is 5.13 Å². The van der Waals surface area contributed by atoms with Gasteiger partial charge in [0, 0.05) is 5.38 Å². The number of quaternary nitrogens is 1. The Kier molecular flexibility index (Phi) is 5.57. The molecule has 2 aromatic carbocycles. The van der Waals surface area contributed by atoms with Crippen LogP contribution >= 0.6 is 11.3 Å². The maximum atomic E-state index is 13.0. The largest absolute Gasteiger partial charge is 0.540 e. The van der Waals surface area contributed by atoms with Crippen LogP contribution in [0.15, 0.2) is 80.9 Å². The highest BCUT2D eigenvalue weighted by molar-refractivity contribution is 7.12. The molecule has 172 valence electrons. The van der Waals surface area contributed by atoms with Gasteiger partial charge in [0.1, 0.15) is 17.4 Å². The lowest BCUT2D eigenvalue weighted by molar-refractivity contribution is -0.890. The second-order valence-corrected chi connectivity index (χ2v) is 8.04. The summed E-state index contributed by atoms with van der Waals surface area (Å²) >= 11 is 1.21. The van der Waals surface area contributed by atoms with E-state index in [1.165, 1.54) is 21.6 Å². The van der Waals surface area contributed by atoms with E-state index in [-0.39, 0.29) is 11.4 Å². The summed E-state index contributed by atoms with van der Waals surface area (Å²) in [6.45, 7) is 1.73. The lowest BCUT2D eigenvalue weighted by Crippen LogP contribution is -2.90. The van der Waals surface area contributed by atoms with Crippen molar-refractivity contribution in [2.75, 3.05) is 12.1 Å². The molecule has 0 bridgehead atoms. The molecule has 0 spiro atoms. The number of nitrogens with zero attached hydrogens (tertiary/aromatic N) is 5. The number of aromatic nitrogens is 3. The molecular formula is C22H19N7O4S. The Bertz CT molecular complexity index is 1440. The van der Waals surface area contributed by atoms with Gasteiger partial charge in [-0.25, -0.2) is 4.98 Å². The minimum absolute atomic E-state index is 0.166. The zero-order chi connectivity index (χ0) is 23.7. The van der Waals surface area contributed by atoms with Gasteiger partial charge in [-0.1, -0.05) is 18.2 Å². The van der Waals surface area contributed by atoms with Crippen LogP contribution in [-0.2, 0) is 4.84 Å². The number of thiazole rings is 1. The predicted octanol–water partition coefficient (Wildman–Crippen LogP) is 2.27. The van der Waals surface area contributed by atoms with Crippen molar-refractivity contribution in [3.8, 4) is 10.9 Å². The zero-order valence-corrected chi connectivity index (χ0v) is 18.9. The Balaban J connectivity index is 1.44. The molecule has 3 heterocycles. The highest BCUT2D eigenvalue weighted by Crippen LogP contribution is 2.29. The lowest BCUT2D eigenvalue weighted by atomic mass is 10.2. The standard InChI is InChI=1S/C22H19N7O4S/c1-13-18(25-24-14-8-10-16(32-2)11-9-14)20(30)29(26-13)22-23-17(12-34-22)19-21(31)33-27-28(19)15-6-4-3-5-7-15/h3-12,26-27,31H,1-2H3. The minimum Gasteiger partial charge on any atom is -0.540 e. The normalized spacial score (nSPS) is 13.6. The van der Waals surface area contributed by atoms with Crippen LogP contribution in [0.5, 0.6) is 5.75 Å². The Labute approximate surface area is 197 Å². The van der Waals surface area contributed by atoms with Crippen LogP contribution < -0.4 is 26.0 Å². The first-order valence-electron chi connectivity index (χ1n) is 10.1. The van der Waals surface area contributed by atoms with Crippen molar-refractivity contribution in [1.29, 1.82) is 0 Å². The fourth-order valence-corrected chi connectivity index (χ4v) is 4.10. The number of aryl methyl sites for hydroxylation is 1. The number of anilines is 1. The van der Waals surface area contributed by atoms with Crippen LogP contribution in [0.25, 0.3) is 10.8 Å². The molecule has 5 rings (SSSR count). The fourth-order valence-electron chi connectivity index (χ4n) is 3.34. The van der Waals surface area contributed by atoms with Crippen molar-refractivity contribution in [3.63, 3.8) is 0 Å². The molecule has 12 heteroatoms. The first kappa shape index (κ1) is 21.4. The summed E-state index contributed by atoms with van der Waals surface area (Å²) in [4.78, 5) is 22.6. The van der Waals surface area contributed by atoms with Gasteiger partial charge in [0.25, 0.3) is 0 Å². The van der Waals surface area contributed by atoms with E-state index in [1.54, 1.807) is 48.7 Å². The molecule has 0 radical (unpaired) electrons. The molecule has 1 aliphatic rings. The third-order valence-electron chi connectivity index (χ3n) is 5.04. The quantitative estimate of drug-likeness (QED) is 0.323. The van der Waals surface area contributed by atoms with E-state index >= 15 is 0 Å². The smallest absolute Gasteiger partial charge is 0.301 e. The van der Waals surface area contributed by atoms with E-state index in [4.69, 9.17) is 9.57 Å². The third kappa shape index (κ3) is 3.91. The number of H-pyrrole nitrogens is 1. The Morgan fingerprint density at radius 3 is 2.65 bits per heavy atom. The number of ether oxygens (including phenoxy) is 1. The van der Waals surface area contributed by atoms with E-state index in [0.29, 0.717) is 28.0 Å². The van der Waals surface area contributed by atoms with Crippen LogP contribution in [-0.4, -0.2) is 21.9 Å². The number of hydrogen-bond donors (Lipinski definition) is 2. The summed E-state index contributed by atoms with van der Waals surface area (Å²) in [6.07, 6.45) is 0. The molecule has 0 saturated carbocycles. The molecule has 0 aliphatic carbocycles. The van der Waals surface area contributed by atoms with Gasteiger partial charge >= 0.3 is 5.56 Å². The maximum absolute atomic E-state index is 13.0. The Morgan fingerprint density at radius 1 is 1.15 bits per heavy atom.